The molecule has 3 nitrogen and oxygen atoms in total. The summed E-state index contributed by atoms with van der Waals surface area (Å²) in [4.78, 5) is 0.832. The van der Waals surface area contributed by atoms with Gasteiger partial charge in [0, 0.05) is 11.4 Å². The molecule has 0 saturated heterocycles. The zero-order valence-corrected chi connectivity index (χ0v) is 11.3. The molecule has 0 fully saturated rings. The van der Waals surface area contributed by atoms with Crippen LogP contribution in [0, 0.1) is 12.7 Å². The number of nitrogens with zero attached hydrogens (tertiary/aromatic N) is 2. The van der Waals surface area contributed by atoms with Crippen LogP contribution in [-0.2, 0) is 6.54 Å². The predicted octanol–water partition coefficient (Wildman–Crippen LogP) is 3.47. The van der Waals surface area contributed by atoms with Gasteiger partial charge in [-0.25, -0.2) is 4.39 Å². The molecule has 0 unspecified atom stereocenters. The topological polar surface area (TPSA) is 43.8 Å². The molecule has 2 rings (SSSR count). The predicted molar refractivity (Wildman–Crippen MR) is 72.2 cm³/mol. The van der Waals surface area contributed by atoms with Gasteiger partial charge in [0.1, 0.15) is 10.8 Å². The molecular formula is C13H16FN3S. The van der Waals surface area contributed by atoms with Gasteiger partial charge in [0.05, 0.1) is 11.4 Å². The number of nitrogen functional groups attached to an aromatic ring is 1. The Hall–Kier alpha value is -1.49. The highest BCUT2D eigenvalue weighted by Crippen LogP contribution is 2.34. The molecule has 1 aromatic heterocycles. The quantitative estimate of drug-likeness (QED) is 0.920. The lowest BCUT2D eigenvalue weighted by molar-refractivity contribution is 0.556. The second-order valence-electron chi connectivity index (χ2n) is 4.09. The van der Waals surface area contributed by atoms with Crippen LogP contribution in [0.1, 0.15) is 19.0 Å². The molecule has 0 aliphatic carbocycles. The van der Waals surface area contributed by atoms with Crippen molar-refractivity contribution in [2.45, 2.75) is 36.7 Å². The van der Waals surface area contributed by atoms with E-state index in [9.17, 15) is 4.39 Å². The van der Waals surface area contributed by atoms with Crippen LogP contribution in [0.4, 0.5) is 10.1 Å². The summed E-state index contributed by atoms with van der Waals surface area (Å²) in [6, 6.07) is 6.50. The van der Waals surface area contributed by atoms with Gasteiger partial charge in [0.25, 0.3) is 0 Å². The van der Waals surface area contributed by atoms with Crippen LogP contribution in [0.25, 0.3) is 0 Å². The summed E-state index contributed by atoms with van der Waals surface area (Å²) in [7, 11) is 0. The average molecular weight is 265 g/mol. The highest BCUT2D eigenvalue weighted by atomic mass is 32.2. The minimum atomic E-state index is -0.239. The van der Waals surface area contributed by atoms with E-state index in [1.807, 2.05) is 17.7 Å². The molecule has 0 spiro atoms. The number of benzene rings is 1. The lowest BCUT2D eigenvalue weighted by Crippen LogP contribution is -2.01. The van der Waals surface area contributed by atoms with Gasteiger partial charge in [0.15, 0.2) is 0 Å². The third-order valence-electron chi connectivity index (χ3n) is 2.57. The van der Waals surface area contributed by atoms with Crippen LogP contribution in [0.2, 0.25) is 0 Å². The van der Waals surface area contributed by atoms with E-state index >= 15 is 0 Å². The monoisotopic (exact) mass is 265 g/mol. The second kappa shape index (κ2) is 5.44. The lowest BCUT2D eigenvalue weighted by Gasteiger charge is -2.06. The fraction of sp³-hybridized carbons (Fsp3) is 0.308. The van der Waals surface area contributed by atoms with Crippen LogP contribution >= 0.6 is 11.8 Å². The third-order valence-corrected chi connectivity index (χ3v) is 3.69. The number of aromatic nitrogens is 2. The van der Waals surface area contributed by atoms with Crippen molar-refractivity contribution in [1.82, 2.24) is 9.78 Å². The minimum Gasteiger partial charge on any atom is -0.395 e. The number of hydrogen-bond donors (Lipinski definition) is 1. The first-order valence-electron chi connectivity index (χ1n) is 5.88. The van der Waals surface area contributed by atoms with Gasteiger partial charge >= 0.3 is 0 Å². The maximum atomic E-state index is 13.2. The van der Waals surface area contributed by atoms with Gasteiger partial charge in [-0.3, -0.25) is 4.68 Å². The summed E-state index contributed by atoms with van der Waals surface area (Å²) >= 11 is 1.45. The highest BCUT2D eigenvalue weighted by molar-refractivity contribution is 7.99. The number of hydrogen-bond acceptors (Lipinski definition) is 3. The van der Waals surface area contributed by atoms with Crippen LogP contribution in [0.15, 0.2) is 34.2 Å². The zero-order chi connectivity index (χ0) is 13.1. The molecule has 18 heavy (non-hydrogen) atoms. The number of anilines is 1. The van der Waals surface area contributed by atoms with Gasteiger partial charge in [-0.05, 0) is 31.5 Å². The van der Waals surface area contributed by atoms with E-state index in [1.165, 1.54) is 23.9 Å². The molecule has 2 N–H and O–H groups in total. The van der Waals surface area contributed by atoms with Gasteiger partial charge in [-0.2, -0.15) is 5.10 Å². The summed E-state index contributed by atoms with van der Waals surface area (Å²) in [5, 5.41) is 5.28. The van der Waals surface area contributed by atoms with E-state index < -0.39 is 0 Å². The molecule has 0 aliphatic heterocycles. The van der Waals surface area contributed by atoms with Crippen molar-refractivity contribution in [3.63, 3.8) is 0 Å². The molecule has 5 heteroatoms. The van der Waals surface area contributed by atoms with Crippen molar-refractivity contribution < 1.29 is 4.39 Å². The Labute approximate surface area is 110 Å². The average Bonchev–Trinajstić information content (AvgIpc) is 2.58. The lowest BCUT2D eigenvalue weighted by atomic mass is 10.3. The van der Waals surface area contributed by atoms with Crippen molar-refractivity contribution in [2.24, 2.45) is 0 Å². The van der Waals surface area contributed by atoms with E-state index in [2.05, 4.69) is 12.0 Å². The minimum absolute atomic E-state index is 0.239. The van der Waals surface area contributed by atoms with Crippen molar-refractivity contribution in [3.05, 3.63) is 35.8 Å². The Morgan fingerprint density at radius 1 is 1.44 bits per heavy atom. The second-order valence-corrected chi connectivity index (χ2v) is 5.15. The summed E-state index contributed by atoms with van der Waals surface area (Å²) in [6.45, 7) is 4.79. The first-order chi connectivity index (χ1) is 8.61. The Bertz CT molecular complexity index is 551. The SMILES string of the molecule is CCCn1nc(C)c(N)c1Sc1cccc(F)c1. The Morgan fingerprint density at radius 2 is 2.22 bits per heavy atom. The standard InChI is InChI=1S/C13H16FN3S/c1-3-7-17-13(12(15)9(2)16-17)18-11-6-4-5-10(14)8-11/h4-6,8H,3,7,15H2,1-2H3. The van der Waals surface area contributed by atoms with E-state index in [1.54, 1.807) is 6.07 Å². The Kier molecular flexibility index (Phi) is 3.91. The zero-order valence-electron chi connectivity index (χ0n) is 10.5. The summed E-state index contributed by atoms with van der Waals surface area (Å²) in [5.41, 5.74) is 7.52. The molecule has 0 radical (unpaired) electrons. The first-order valence-corrected chi connectivity index (χ1v) is 6.69. The molecular weight excluding hydrogens is 249 g/mol. The molecule has 0 saturated carbocycles. The van der Waals surface area contributed by atoms with Crippen LogP contribution < -0.4 is 5.73 Å². The molecule has 96 valence electrons. The van der Waals surface area contributed by atoms with Crippen molar-refractivity contribution in [1.29, 1.82) is 0 Å². The maximum Gasteiger partial charge on any atom is 0.124 e. The smallest absolute Gasteiger partial charge is 0.124 e. The fourth-order valence-corrected chi connectivity index (χ4v) is 2.72. The summed E-state index contributed by atoms with van der Waals surface area (Å²) < 4.78 is 15.0. The normalized spacial score (nSPS) is 10.8. The molecule has 0 bridgehead atoms. The largest absolute Gasteiger partial charge is 0.395 e. The van der Waals surface area contributed by atoms with E-state index in [4.69, 9.17) is 5.73 Å². The van der Waals surface area contributed by atoms with E-state index in [0.29, 0.717) is 5.69 Å². The number of rotatable bonds is 4. The molecule has 0 aliphatic rings. The highest BCUT2D eigenvalue weighted by Gasteiger charge is 2.13. The number of aryl methyl sites for hydroxylation is 2. The molecule has 1 aromatic carbocycles. The van der Waals surface area contributed by atoms with Crippen molar-refractivity contribution in [2.75, 3.05) is 5.73 Å². The Morgan fingerprint density at radius 3 is 2.89 bits per heavy atom. The van der Waals surface area contributed by atoms with E-state index in [-0.39, 0.29) is 5.82 Å². The third kappa shape index (κ3) is 2.67. The fourth-order valence-electron chi connectivity index (χ4n) is 1.69. The van der Waals surface area contributed by atoms with Gasteiger partial charge in [0.2, 0.25) is 0 Å². The molecule has 1 heterocycles. The van der Waals surface area contributed by atoms with Crippen LogP contribution in [0.5, 0.6) is 0 Å². The Balaban J connectivity index is 2.33. The molecule has 2 aromatic rings. The van der Waals surface area contributed by atoms with Gasteiger partial charge in [-0.15, -0.1) is 0 Å². The first kappa shape index (κ1) is 13.0. The molecule has 0 atom stereocenters. The van der Waals surface area contributed by atoms with Crippen molar-refractivity contribution in [3.8, 4) is 0 Å². The maximum absolute atomic E-state index is 13.2. The van der Waals surface area contributed by atoms with Crippen LogP contribution in [-0.4, -0.2) is 9.78 Å². The van der Waals surface area contributed by atoms with Crippen LogP contribution in [0.3, 0.4) is 0 Å². The summed E-state index contributed by atoms with van der Waals surface area (Å²) in [6.07, 6.45) is 0.983. The van der Waals surface area contributed by atoms with Crippen molar-refractivity contribution >= 4 is 17.4 Å². The van der Waals surface area contributed by atoms with Gasteiger partial charge < -0.3 is 5.73 Å². The number of halogens is 1. The number of nitrogens with two attached hydrogens (primary N) is 1. The molecule has 0 amide bonds. The van der Waals surface area contributed by atoms with E-state index in [0.717, 1.165) is 28.6 Å². The summed E-state index contributed by atoms with van der Waals surface area (Å²) in [5.74, 6) is -0.239. The van der Waals surface area contributed by atoms with Gasteiger partial charge in [-0.1, -0.05) is 24.8 Å².